The highest BCUT2D eigenvalue weighted by Gasteiger charge is 2.39. The van der Waals surface area contributed by atoms with Crippen LogP contribution in [0.5, 0.6) is 0 Å². The summed E-state index contributed by atoms with van der Waals surface area (Å²) < 4.78 is 16.3. The van der Waals surface area contributed by atoms with Gasteiger partial charge in [-0.25, -0.2) is 0 Å². The Kier molecular flexibility index (Phi) is 2.86. The largest absolute Gasteiger partial charge is 0.355 e. The minimum atomic E-state index is -0.0365. The molecule has 0 aromatic carbocycles. The molecular weight excluding hydrogens is 168 g/mol. The number of methoxy groups -OCH3 is 2. The number of rotatable bonds is 6. The monoisotopic (exact) mass is 186 g/mol. The lowest BCUT2D eigenvalue weighted by molar-refractivity contribution is -0.243. The van der Waals surface area contributed by atoms with Gasteiger partial charge < -0.3 is 14.2 Å². The summed E-state index contributed by atoms with van der Waals surface area (Å²) in [6, 6.07) is 0. The van der Waals surface area contributed by atoms with Crippen LogP contribution in [0.25, 0.3) is 0 Å². The van der Waals surface area contributed by atoms with Gasteiger partial charge in [0.2, 0.25) is 0 Å². The van der Waals surface area contributed by atoms with Crippen molar-refractivity contribution in [2.24, 2.45) is 11.8 Å². The molecule has 2 aliphatic rings. The Labute approximate surface area is 79.4 Å². The van der Waals surface area contributed by atoms with Gasteiger partial charge in [-0.15, -0.1) is 0 Å². The highest BCUT2D eigenvalue weighted by atomic mass is 16.8. The van der Waals surface area contributed by atoms with Crippen molar-refractivity contribution < 1.29 is 14.2 Å². The van der Waals surface area contributed by atoms with E-state index in [0.717, 1.165) is 0 Å². The molecule has 0 aliphatic heterocycles. The zero-order valence-corrected chi connectivity index (χ0v) is 8.36. The summed E-state index contributed by atoms with van der Waals surface area (Å²) >= 11 is 0. The van der Waals surface area contributed by atoms with Crippen molar-refractivity contribution in [3.63, 3.8) is 0 Å². The van der Waals surface area contributed by atoms with Gasteiger partial charge in [0.25, 0.3) is 0 Å². The lowest BCUT2D eigenvalue weighted by Crippen LogP contribution is -2.28. The molecule has 2 rings (SSSR count). The van der Waals surface area contributed by atoms with E-state index in [1.54, 1.807) is 14.2 Å². The van der Waals surface area contributed by atoms with Gasteiger partial charge in [-0.3, -0.25) is 0 Å². The molecule has 76 valence electrons. The lowest BCUT2D eigenvalue weighted by atomic mass is 10.4. The van der Waals surface area contributed by atoms with Crippen LogP contribution in [0.3, 0.4) is 0 Å². The summed E-state index contributed by atoms with van der Waals surface area (Å²) in [5, 5.41) is 0. The molecule has 2 aliphatic carbocycles. The van der Waals surface area contributed by atoms with Gasteiger partial charge in [-0.05, 0) is 25.7 Å². The lowest BCUT2D eigenvalue weighted by Gasteiger charge is -2.22. The first-order chi connectivity index (χ1) is 6.35. The van der Waals surface area contributed by atoms with Crippen LogP contribution in [0.1, 0.15) is 25.7 Å². The highest BCUT2D eigenvalue weighted by molar-refractivity contribution is 4.81. The maximum atomic E-state index is 5.75. The number of ether oxygens (including phenoxy) is 3. The molecule has 3 heteroatoms. The van der Waals surface area contributed by atoms with Crippen molar-refractivity contribution in [1.29, 1.82) is 0 Å². The standard InChI is InChI=1S/C10H18O3/c1-11-9(7-3-4-7)13-10(12-2)8-5-6-8/h7-10H,3-6H2,1-2H3/t9-,10-/m0/s1. The number of hydrogen-bond acceptors (Lipinski definition) is 3. The van der Waals surface area contributed by atoms with Crippen LogP contribution in [0.15, 0.2) is 0 Å². The molecule has 2 saturated carbocycles. The second-order valence-corrected chi connectivity index (χ2v) is 4.02. The fourth-order valence-electron chi connectivity index (χ4n) is 1.59. The molecular formula is C10H18O3. The Morgan fingerprint density at radius 1 is 0.846 bits per heavy atom. The Morgan fingerprint density at radius 2 is 1.23 bits per heavy atom. The molecule has 0 bridgehead atoms. The third-order valence-corrected chi connectivity index (χ3v) is 2.75. The molecule has 0 amide bonds. The second-order valence-electron chi connectivity index (χ2n) is 4.02. The van der Waals surface area contributed by atoms with E-state index in [0.29, 0.717) is 11.8 Å². The predicted octanol–water partition coefficient (Wildman–Crippen LogP) is 1.77. The average molecular weight is 186 g/mol. The van der Waals surface area contributed by atoms with Crippen molar-refractivity contribution >= 4 is 0 Å². The van der Waals surface area contributed by atoms with Crippen molar-refractivity contribution in [1.82, 2.24) is 0 Å². The topological polar surface area (TPSA) is 27.7 Å². The van der Waals surface area contributed by atoms with Crippen molar-refractivity contribution in [3.05, 3.63) is 0 Å². The summed E-state index contributed by atoms with van der Waals surface area (Å²) in [6.07, 6.45) is 4.87. The first-order valence-corrected chi connectivity index (χ1v) is 5.06. The van der Waals surface area contributed by atoms with Gasteiger partial charge in [0.05, 0.1) is 0 Å². The summed E-state index contributed by atoms with van der Waals surface area (Å²) in [4.78, 5) is 0. The van der Waals surface area contributed by atoms with E-state index in [-0.39, 0.29) is 12.6 Å². The van der Waals surface area contributed by atoms with Crippen molar-refractivity contribution in [3.8, 4) is 0 Å². The third kappa shape index (κ3) is 2.42. The maximum absolute atomic E-state index is 5.75. The molecule has 0 unspecified atom stereocenters. The third-order valence-electron chi connectivity index (χ3n) is 2.75. The molecule has 2 fully saturated rings. The van der Waals surface area contributed by atoms with E-state index in [2.05, 4.69) is 0 Å². The van der Waals surface area contributed by atoms with Crippen molar-refractivity contribution in [2.45, 2.75) is 38.3 Å². The van der Waals surface area contributed by atoms with Gasteiger partial charge in [0.1, 0.15) is 0 Å². The highest BCUT2D eigenvalue weighted by Crippen LogP contribution is 2.39. The van der Waals surface area contributed by atoms with E-state index in [1.165, 1.54) is 25.7 Å². The minimum absolute atomic E-state index is 0.0365. The Bertz CT molecular complexity index is 146. The molecule has 3 nitrogen and oxygen atoms in total. The zero-order valence-electron chi connectivity index (χ0n) is 8.36. The van der Waals surface area contributed by atoms with Crippen molar-refractivity contribution in [2.75, 3.05) is 14.2 Å². The molecule has 2 atom stereocenters. The van der Waals surface area contributed by atoms with Gasteiger partial charge >= 0.3 is 0 Å². The smallest absolute Gasteiger partial charge is 0.163 e. The van der Waals surface area contributed by atoms with Crippen LogP contribution < -0.4 is 0 Å². The average Bonchev–Trinajstić information content (AvgIpc) is 2.99. The molecule has 0 heterocycles. The van der Waals surface area contributed by atoms with Crippen LogP contribution in [-0.4, -0.2) is 26.8 Å². The van der Waals surface area contributed by atoms with Crippen LogP contribution in [0, 0.1) is 11.8 Å². The summed E-state index contributed by atoms with van der Waals surface area (Å²) in [7, 11) is 3.42. The van der Waals surface area contributed by atoms with E-state index < -0.39 is 0 Å². The van der Waals surface area contributed by atoms with E-state index in [1.807, 2.05) is 0 Å². The quantitative estimate of drug-likeness (QED) is 0.592. The zero-order chi connectivity index (χ0) is 9.26. The van der Waals surface area contributed by atoms with Crippen LogP contribution in [0.2, 0.25) is 0 Å². The second kappa shape index (κ2) is 3.95. The summed E-state index contributed by atoms with van der Waals surface area (Å²) in [5.41, 5.74) is 0. The minimum Gasteiger partial charge on any atom is -0.355 e. The predicted molar refractivity (Wildman–Crippen MR) is 48.1 cm³/mol. The van der Waals surface area contributed by atoms with Gasteiger partial charge in [-0.2, -0.15) is 0 Å². The van der Waals surface area contributed by atoms with Crippen LogP contribution in [-0.2, 0) is 14.2 Å². The Hall–Kier alpha value is -0.120. The normalized spacial score (nSPS) is 27.2. The van der Waals surface area contributed by atoms with Gasteiger partial charge in [0, 0.05) is 26.1 Å². The fourth-order valence-corrected chi connectivity index (χ4v) is 1.59. The van der Waals surface area contributed by atoms with E-state index in [4.69, 9.17) is 14.2 Å². The van der Waals surface area contributed by atoms with E-state index >= 15 is 0 Å². The first kappa shape index (κ1) is 9.44. The number of hydrogen-bond donors (Lipinski definition) is 0. The van der Waals surface area contributed by atoms with E-state index in [9.17, 15) is 0 Å². The molecule has 0 N–H and O–H groups in total. The summed E-state index contributed by atoms with van der Waals surface area (Å²) in [6.45, 7) is 0. The first-order valence-electron chi connectivity index (χ1n) is 5.06. The molecule has 0 aromatic rings. The Morgan fingerprint density at radius 3 is 1.46 bits per heavy atom. The van der Waals surface area contributed by atoms with Crippen LogP contribution in [0.4, 0.5) is 0 Å². The molecule has 0 aromatic heterocycles. The van der Waals surface area contributed by atoms with Gasteiger partial charge in [-0.1, -0.05) is 0 Å². The van der Waals surface area contributed by atoms with Crippen LogP contribution >= 0.6 is 0 Å². The van der Waals surface area contributed by atoms with Gasteiger partial charge in [0.15, 0.2) is 12.6 Å². The fraction of sp³-hybridized carbons (Fsp3) is 1.00. The Balaban J connectivity index is 1.78. The SMILES string of the molecule is CO[C@@H](O[C@H](OC)C1CC1)C1CC1. The molecule has 0 spiro atoms. The molecule has 0 saturated heterocycles. The summed E-state index contributed by atoms with van der Waals surface area (Å²) in [5.74, 6) is 1.22. The molecule has 0 radical (unpaired) electrons. The maximum Gasteiger partial charge on any atom is 0.163 e. The molecule has 13 heavy (non-hydrogen) atoms.